The van der Waals surface area contributed by atoms with Crippen LogP contribution >= 0.6 is 0 Å². The quantitative estimate of drug-likeness (QED) is 0.899. The van der Waals surface area contributed by atoms with Gasteiger partial charge in [0.25, 0.3) is 0 Å². The molecule has 4 rings (SSSR count). The number of aliphatic hydroxyl groups excluding tert-OH is 1. The number of hydrogen-bond donors (Lipinski definition) is 1. The van der Waals surface area contributed by atoms with E-state index in [4.69, 9.17) is 0 Å². The molecule has 1 N–H and O–H groups in total. The Labute approximate surface area is 156 Å². The minimum atomic E-state index is -0.289. The zero-order valence-corrected chi connectivity index (χ0v) is 15.4. The lowest BCUT2D eigenvalue weighted by Gasteiger charge is -2.35. The fraction of sp³-hybridized carbons (Fsp3) is 0.500. The molecule has 0 spiro atoms. The first-order valence-corrected chi connectivity index (χ1v) is 9.88. The molecule has 0 saturated carbocycles. The first-order valence-electron chi connectivity index (χ1n) is 9.88. The fourth-order valence-electron chi connectivity index (χ4n) is 4.44. The van der Waals surface area contributed by atoms with Gasteiger partial charge in [-0.3, -0.25) is 9.88 Å². The van der Waals surface area contributed by atoms with Crippen LogP contribution in [0, 0.1) is 0 Å². The van der Waals surface area contributed by atoms with E-state index in [0.29, 0.717) is 5.92 Å². The van der Waals surface area contributed by atoms with Gasteiger partial charge in [-0.25, -0.2) is 0 Å². The summed E-state index contributed by atoms with van der Waals surface area (Å²) in [5, 5.41) is 10.7. The van der Waals surface area contributed by atoms with Crippen molar-refractivity contribution in [3.8, 4) is 0 Å². The van der Waals surface area contributed by atoms with E-state index >= 15 is 0 Å². The van der Waals surface area contributed by atoms with Gasteiger partial charge in [-0.1, -0.05) is 30.3 Å². The van der Waals surface area contributed by atoms with Crippen LogP contribution in [0.1, 0.15) is 35.6 Å². The summed E-state index contributed by atoms with van der Waals surface area (Å²) in [5.74, 6) is 0.499. The van der Waals surface area contributed by atoms with Gasteiger partial charge < -0.3 is 10.0 Å². The fourth-order valence-corrected chi connectivity index (χ4v) is 4.44. The second kappa shape index (κ2) is 8.30. The van der Waals surface area contributed by atoms with Crippen molar-refractivity contribution in [3.05, 3.63) is 65.5 Å². The molecule has 0 bridgehead atoms. The van der Waals surface area contributed by atoms with Crippen molar-refractivity contribution in [2.45, 2.75) is 37.8 Å². The summed E-state index contributed by atoms with van der Waals surface area (Å²) in [5.41, 5.74) is 4.07. The molecule has 2 aliphatic heterocycles. The minimum absolute atomic E-state index is 0.289. The minimum Gasteiger partial charge on any atom is -0.390 e. The Balaban J connectivity index is 1.29. The van der Waals surface area contributed by atoms with Crippen LogP contribution in [-0.2, 0) is 13.0 Å². The summed E-state index contributed by atoms with van der Waals surface area (Å²) < 4.78 is 0. The van der Waals surface area contributed by atoms with Gasteiger partial charge in [0.05, 0.1) is 6.10 Å². The summed E-state index contributed by atoms with van der Waals surface area (Å²) in [6.07, 6.45) is 5.08. The third kappa shape index (κ3) is 4.32. The topological polar surface area (TPSA) is 39.6 Å². The molecule has 1 aromatic heterocycles. The standard InChI is InChI=1S/C22H29N3O/c26-21(17-25-13-10-18-6-1-2-7-19(18)14-25)16-24-12-5-8-20(15-24)22-9-3-4-11-23-22/h1-4,6-7,9,11,20-21,26H,5,8,10,12-17H2. The smallest absolute Gasteiger partial charge is 0.0793 e. The highest BCUT2D eigenvalue weighted by molar-refractivity contribution is 5.29. The third-order valence-electron chi connectivity index (χ3n) is 5.76. The molecule has 2 atom stereocenters. The first kappa shape index (κ1) is 17.7. The van der Waals surface area contributed by atoms with Crippen molar-refractivity contribution >= 4 is 0 Å². The van der Waals surface area contributed by atoms with Gasteiger partial charge in [-0.15, -0.1) is 0 Å². The molecule has 1 aromatic carbocycles. The Morgan fingerprint density at radius 1 is 1.00 bits per heavy atom. The van der Waals surface area contributed by atoms with Crippen LogP contribution in [0.15, 0.2) is 48.7 Å². The lowest BCUT2D eigenvalue weighted by Crippen LogP contribution is -2.44. The normalized spacial score (nSPS) is 22.7. The van der Waals surface area contributed by atoms with Gasteiger partial charge >= 0.3 is 0 Å². The Morgan fingerprint density at radius 3 is 2.65 bits per heavy atom. The molecule has 2 unspecified atom stereocenters. The second-order valence-electron chi connectivity index (χ2n) is 7.76. The maximum Gasteiger partial charge on any atom is 0.0793 e. The number of hydrogen-bond acceptors (Lipinski definition) is 4. The van der Waals surface area contributed by atoms with E-state index in [0.717, 1.165) is 45.7 Å². The molecule has 26 heavy (non-hydrogen) atoms. The predicted octanol–water partition coefficient (Wildman–Crippen LogP) is 2.68. The number of fused-ring (bicyclic) bond motifs is 1. The Morgan fingerprint density at radius 2 is 1.81 bits per heavy atom. The summed E-state index contributed by atoms with van der Waals surface area (Å²) in [4.78, 5) is 9.35. The molecule has 3 heterocycles. The van der Waals surface area contributed by atoms with E-state index in [1.54, 1.807) is 0 Å². The second-order valence-corrected chi connectivity index (χ2v) is 7.76. The maximum atomic E-state index is 10.7. The van der Waals surface area contributed by atoms with Gasteiger partial charge in [0.2, 0.25) is 0 Å². The monoisotopic (exact) mass is 351 g/mol. The number of aliphatic hydroxyl groups is 1. The molecule has 2 aromatic rings. The van der Waals surface area contributed by atoms with Crippen LogP contribution < -0.4 is 0 Å². The highest BCUT2D eigenvalue weighted by Crippen LogP contribution is 2.25. The van der Waals surface area contributed by atoms with Gasteiger partial charge in [-0.2, -0.15) is 0 Å². The number of rotatable bonds is 5. The van der Waals surface area contributed by atoms with Crippen molar-refractivity contribution in [1.29, 1.82) is 0 Å². The molecule has 1 saturated heterocycles. The Bertz CT molecular complexity index is 706. The molecule has 0 radical (unpaired) electrons. The van der Waals surface area contributed by atoms with Crippen LogP contribution in [0.5, 0.6) is 0 Å². The largest absolute Gasteiger partial charge is 0.390 e. The van der Waals surface area contributed by atoms with E-state index in [2.05, 4.69) is 51.2 Å². The Hall–Kier alpha value is -1.75. The molecule has 0 aliphatic carbocycles. The van der Waals surface area contributed by atoms with Crippen LogP contribution in [0.2, 0.25) is 0 Å². The van der Waals surface area contributed by atoms with E-state index in [9.17, 15) is 5.11 Å². The van der Waals surface area contributed by atoms with Crippen LogP contribution in [-0.4, -0.2) is 58.7 Å². The average Bonchev–Trinajstić information content (AvgIpc) is 2.69. The maximum absolute atomic E-state index is 10.7. The van der Waals surface area contributed by atoms with Gasteiger partial charge in [-0.05, 0) is 49.1 Å². The number of nitrogens with zero attached hydrogens (tertiary/aromatic N) is 3. The number of pyridine rings is 1. The molecule has 0 amide bonds. The third-order valence-corrected chi connectivity index (χ3v) is 5.76. The van der Waals surface area contributed by atoms with Crippen LogP contribution in [0.25, 0.3) is 0 Å². The van der Waals surface area contributed by atoms with Crippen molar-refractivity contribution < 1.29 is 5.11 Å². The SMILES string of the molecule is OC(CN1CCc2ccccc2C1)CN1CCCC(c2ccccn2)C1. The molecule has 1 fully saturated rings. The van der Waals surface area contributed by atoms with Gasteiger partial charge in [0, 0.05) is 50.5 Å². The Kier molecular flexibility index (Phi) is 5.63. The number of aromatic nitrogens is 1. The molecular weight excluding hydrogens is 322 g/mol. The highest BCUT2D eigenvalue weighted by atomic mass is 16.3. The number of piperidine rings is 1. The molecular formula is C22H29N3O. The molecule has 4 nitrogen and oxygen atoms in total. The van der Waals surface area contributed by atoms with Crippen LogP contribution in [0.3, 0.4) is 0 Å². The lowest BCUT2D eigenvalue weighted by atomic mass is 9.94. The summed E-state index contributed by atoms with van der Waals surface area (Å²) in [6, 6.07) is 14.9. The highest BCUT2D eigenvalue weighted by Gasteiger charge is 2.25. The zero-order chi connectivity index (χ0) is 17.8. The van der Waals surface area contributed by atoms with Crippen LogP contribution in [0.4, 0.5) is 0 Å². The van der Waals surface area contributed by atoms with E-state index in [1.807, 2.05) is 12.3 Å². The zero-order valence-electron chi connectivity index (χ0n) is 15.4. The van der Waals surface area contributed by atoms with E-state index in [-0.39, 0.29) is 6.10 Å². The van der Waals surface area contributed by atoms with Crippen molar-refractivity contribution in [2.24, 2.45) is 0 Å². The lowest BCUT2D eigenvalue weighted by molar-refractivity contribution is 0.0593. The number of likely N-dealkylation sites (tertiary alicyclic amines) is 1. The molecule has 4 heteroatoms. The first-order chi connectivity index (χ1) is 12.8. The van der Waals surface area contributed by atoms with Gasteiger partial charge in [0.1, 0.15) is 0 Å². The van der Waals surface area contributed by atoms with Gasteiger partial charge in [0.15, 0.2) is 0 Å². The van der Waals surface area contributed by atoms with E-state index < -0.39 is 0 Å². The number of benzene rings is 1. The predicted molar refractivity (Wildman–Crippen MR) is 104 cm³/mol. The van der Waals surface area contributed by atoms with Crippen molar-refractivity contribution in [1.82, 2.24) is 14.8 Å². The average molecular weight is 351 g/mol. The summed E-state index contributed by atoms with van der Waals surface area (Å²) >= 11 is 0. The van der Waals surface area contributed by atoms with E-state index in [1.165, 1.54) is 29.7 Å². The molecule has 138 valence electrons. The summed E-state index contributed by atoms with van der Waals surface area (Å²) in [7, 11) is 0. The van der Waals surface area contributed by atoms with Crippen molar-refractivity contribution in [2.75, 3.05) is 32.7 Å². The molecule has 2 aliphatic rings. The van der Waals surface area contributed by atoms with Crippen molar-refractivity contribution in [3.63, 3.8) is 0 Å². The summed E-state index contributed by atoms with van der Waals surface area (Å²) in [6.45, 7) is 5.63. The number of β-amino-alcohol motifs (C(OH)–C–C–N with tert-alkyl or cyclic N) is 1.